The molecule has 0 aliphatic rings. The second kappa shape index (κ2) is 5.06. The molecule has 0 N–H and O–H groups in total. The summed E-state index contributed by atoms with van der Waals surface area (Å²) in [5, 5.41) is 8.69. The van der Waals surface area contributed by atoms with Crippen molar-refractivity contribution in [2.45, 2.75) is 18.7 Å². The minimum Gasteiger partial charge on any atom is -0.207 e. The molecule has 6 heteroatoms. The van der Waals surface area contributed by atoms with E-state index in [-0.39, 0.29) is 17.4 Å². The molecule has 0 fully saturated rings. The Morgan fingerprint density at radius 1 is 1.29 bits per heavy atom. The first kappa shape index (κ1) is 12.4. The number of aromatic nitrogens is 2. The molecule has 0 radical (unpaired) electrons. The SMILES string of the molecule is CC(Cl)c1nnc(Cc2c(F)cccc2F)s1. The Bertz CT molecular complexity index is 508. The molecule has 2 nitrogen and oxygen atoms in total. The van der Waals surface area contributed by atoms with Gasteiger partial charge in [-0.15, -0.1) is 21.8 Å². The van der Waals surface area contributed by atoms with Crippen molar-refractivity contribution in [3.63, 3.8) is 0 Å². The van der Waals surface area contributed by atoms with E-state index >= 15 is 0 Å². The van der Waals surface area contributed by atoms with Gasteiger partial charge in [-0.2, -0.15) is 0 Å². The van der Waals surface area contributed by atoms with Gasteiger partial charge in [0.2, 0.25) is 0 Å². The summed E-state index contributed by atoms with van der Waals surface area (Å²) in [4.78, 5) is 0. The Morgan fingerprint density at radius 2 is 1.94 bits per heavy atom. The van der Waals surface area contributed by atoms with E-state index in [1.54, 1.807) is 6.92 Å². The zero-order chi connectivity index (χ0) is 12.4. The van der Waals surface area contributed by atoms with Gasteiger partial charge in [0, 0.05) is 12.0 Å². The average Bonchev–Trinajstić information content (AvgIpc) is 2.72. The molecule has 2 rings (SSSR count). The summed E-state index contributed by atoms with van der Waals surface area (Å²) in [6.07, 6.45) is 0.0970. The van der Waals surface area contributed by atoms with E-state index < -0.39 is 11.6 Å². The van der Waals surface area contributed by atoms with Gasteiger partial charge in [0.05, 0.1) is 5.38 Å². The van der Waals surface area contributed by atoms with E-state index in [0.29, 0.717) is 10.0 Å². The molecule has 1 aromatic heterocycles. The molecule has 0 aliphatic carbocycles. The summed E-state index contributed by atoms with van der Waals surface area (Å²) < 4.78 is 26.8. The largest absolute Gasteiger partial charge is 0.207 e. The topological polar surface area (TPSA) is 25.8 Å². The summed E-state index contributed by atoms with van der Waals surface area (Å²) >= 11 is 7.11. The second-order valence-electron chi connectivity index (χ2n) is 3.53. The van der Waals surface area contributed by atoms with E-state index in [4.69, 9.17) is 11.6 Å². The fraction of sp³-hybridized carbons (Fsp3) is 0.273. The molecule has 0 spiro atoms. The van der Waals surface area contributed by atoms with Crippen LogP contribution in [0.4, 0.5) is 8.78 Å². The van der Waals surface area contributed by atoms with Gasteiger partial charge in [-0.3, -0.25) is 0 Å². The predicted molar refractivity (Wildman–Crippen MR) is 63.3 cm³/mol. The first-order valence-corrected chi connectivity index (χ1v) is 6.22. The van der Waals surface area contributed by atoms with Gasteiger partial charge in [0.25, 0.3) is 0 Å². The molecule has 1 unspecified atom stereocenters. The van der Waals surface area contributed by atoms with Crippen molar-refractivity contribution in [2.75, 3.05) is 0 Å². The van der Waals surface area contributed by atoms with Crippen molar-refractivity contribution in [3.8, 4) is 0 Å². The number of hydrogen-bond acceptors (Lipinski definition) is 3. The summed E-state index contributed by atoms with van der Waals surface area (Å²) in [6.45, 7) is 1.77. The van der Waals surface area contributed by atoms with Crippen LogP contribution in [0, 0.1) is 11.6 Å². The van der Waals surface area contributed by atoms with Crippen LogP contribution in [0.15, 0.2) is 18.2 Å². The first-order chi connectivity index (χ1) is 8.08. The highest BCUT2D eigenvalue weighted by molar-refractivity contribution is 7.11. The lowest BCUT2D eigenvalue weighted by molar-refractivity contribution is 0.561. The standard InChI is InChI=1S/C11H9ClF2N2S/c1-6(12)11-16-15-10(17-11)5-7-8(13)3-2-4-9(7)14/h2-4,6H,5H2,1H3. The molecule has 0 bridgehead atoms. The van der Waals surface area contributed by atoms with E-state index in [0.717, 1.165) is 0 Å². The third kappa shape index (κ3) is 2.79. The van der Waals surface area contributed by atoms with Crippen molar-refractivity contribution in [3.05, 3.63) is 45.4 Å². The molecule has 0 aliphatic heterocycles. The molecule has 1 aromatic carbocycles. The highest BCUT2D eigenvalue weighted by atomic mass is 35.5. The fourth-order valence-corrected chi connectivity index (χ4v) is 2.31. The Hall–Kier alpha value is -1.07. The highest BCUT2D eigenvalue weighted by Gasteiger charge is 2.14. The normalized spacial score (nSPS) is 12.7. The number of hydrogen-bond donors (Lipinski definition) is 0. The lowest BCUT2D eigenvalue weighted by atomic mass is 10.1. The third-order valence-corrected chi connectivity index (χ3v) is 3.65. The molecule has 0 amide bonds. The molecule has 2 aromatic rings. The molecule has 90 valence electrons. The zero-order valence-corrected chi connectivity index (χ0v) is 10.5. The van der Waals surface area contributed by atoms with E-state index in [9.17, 15) is 8.78 Å². The number of halogens is 3. The molecule has 1 atom stereocenters. The summed E-state index contributed by atoms with van der Waals surface area (Å²) in [7, 11) is 0. The Kier molecular flexibility index (Phi) is 3.69. The number of nitrogens with zero attached hydrogens (tertiary/aromatic N) is 2. The predicted octanol–water partition coefficient (Wildman–Crippen LogP) is 3.71. The van der Waals surface area contributed by atoms with Crippen molar-refractivity contribution < 1.29 is 8.78 Å². The van der Waals surface area contributed by atoms with Gasteiger partial charge >= 0.3 is 0 Å². The maximum absolute atomic E-state index is 13.4. The van der Waals surface area contributed by atoms with Crippen LogP contribution in [0.3, 0.4) is 0 Å². The van der Waals surface area contributed by atoms with Crippen LogP contribution >= 0.6 is 22.9 Å². The van der Waals surface area contributed by atoms with Gasteiger partial charge in [0.1, 0.15) is 21.6 Å². The molecule has 0 saturated heterocycles. The lowest BCUT2D eigenvalue weighted by Gasteiger charge is -2.01. The van der Waals surface area contributed by atoms with Crippen molar-refractivity contribution in [1.82, 2.24) is 10.2 Å². The van der Waals surface area contributed by atoms with E-state index in [1.165, 1.54) is 29.5 Å². The second-order valence-corrected chi connectivity index (χ2v) is 5.28. The third-order valence-electron chi connectivity index (χ3n) is 2.21. The maximum atomic E-state index is 13.4. The van der Waals surface area contributed by atoms with Gasteiger partial charge in [0.15, 0.2) is 0 Å². The Balaban J connectivity index is 2.25. The van der Waals surface area contributed by atoms with Crippen molar-refractivity contribution >= 4 is 22.9 Å². The lowest BCUT2D eigenvalue weighted by Crippen LogP contribution is -1.96. The quantitative estimate of drug-likeness (QED) is 0.798. The Labute approximate surface area is 106 Å². The molecular weight excluding hydrogens is 266 g/mol. The van der Waals surface area contributed by atoms with Crippen molar-refractivity contribution in [2.24, 2.45) is 0 Å². The van der Waals surface area contributed by atoms with Crippen LogP contribution in [0.1, 0.15) is 27.9 Å². The Morgan fingerprint density at radius 3 is 2.47 bits per heavy atom. The van der Waals surface area contributed by atoms with Crippen LogP contribution in [0.5, 0.6) is 0 Å². The summed E-state index contributed by atoms with van der Waals surface area (Å²) in [6, 6.07) is 3.79. The van der Waals surface area contributed by atoms with Gasteiger partial charge < -0.3 is 0 Å². The molecular formula is C11H9ClF2N2S. The average molecular weight is 275 g/mol. The van der Waals surface area contributed by atoms with Crippen LogP contribution < -0.4 is 0 Å². The van der Waals surface area contributed by atoms with Crippen molar-refractivity contribution in [1.29, 1.82) is 0 Å². The molecule has 1 heterocycles. The summed E-state index contributed by atoms with van der Waals surface area (Å²) in [5.74, 6) is -1.14. The minimum atomic E-state index is -0.569. The van der Waals surface area contributed by atoms with E-state index in [2.05, 4.69) is 10.2 Å². The number of rotatable bonds is 3. The fourth-order valence-electron chi connectivity index (χ4n) is 1.35. The summed E-state index contributed by atoms with van der Waals surface area (Å²) in [5.41, 5.74) is 0.0115. The number of benzene rings is 1. The van der Waals surface area contributed by atoms with Crippen LogP contribution in [-0.4, -0.2) is 10.2 Å². The molecule has 0 saturated carbocycles. The maximum Gasteiger partial charge on any atom is 0.135 e. The zero-order valence-electron chi connectivity index (χ0n) is 8.95. The van der Waals surface area contributed by atoms with Crippen LogP contribution in [-0.2, 0) is 6.42 Å². The van der Waals surface area contributed by atoms with Gasteiger partial charge in [-0.05, 0) is 19.1 Å². The first-order valence-electron chi connectivity index (χ1n) is 4.97. The van der Waals surface area contributed by atoms with E-state index in [1.807, 2.05) is 0 Å². The highest BCUT2D eigenvalue weighted by Crippen LogP contribution is 2.25. The molecule has 17 heavy (non-hydrogen) atoms. The minimum absolute atomic E-state index is 0.0115. The smallest absolute Gasteiger partial charge is 0.135 e. The van der Waals surface area contributed by atoms with Gasteiger partial charge in [-0.25, -0.2) is 8.78 Å². The monoisotopic (exact) mass is 274 g/mol. The van der Waals surface area contributed by atoms with Gasteiger partial charge in [-0.1, -0.05) is 17.4 Å². The van der Waals surface area contributed by atoms with Crippen LogP contribution in [0.25, 0.3) is 0 Å². The van der Waals surface area contributed by atoms with Crippen LogP contribution in [0.2, 0.25) is 0 Å². The number of alkyl halides is 1.